The van der Waals surface area contributed by atoms with E-state index in [-0.39, 0.29) is 38.8 Å². The Kier molecular flexibility index (Phi) is 11.6. The Labute approximate surface area is 216 Å². The van der Waals surface area contributed by atoms with Crippen molar-refractivity contribution in [3.63, 3.8) is 0 Å². The van der Waals surface area contributed by atoms with Crippen LogP contribution >= 0.6 is 8.96 Å². The predicted molar refractivity (Wildman–Crippen MR) is 145 cm³/mol. The van der Waals surface area contributed by atoms with Gasteiger partial charge in [0.25, 0.3) is 0 Å². The summed E-state index contributed by atoms with van der Waals surface area (Å²) < 4.78 is 33.9. The quantitative estimate of drug-likeness (QED) is 0.137. The maximum absolute atomic E-state index is 13.4. The maximum Gasteiger partial charge on any atom is 0.358 e. The summed E-state index contributed by atoms with van der Waals surface area (Å²) in [5, 5.41) is 0. The third kappa shape index (κ3) is 6.62. The summed E-state index contributed by atoms with van der Waals surface area (Å²) in [6.45, 7) is 12.0. The van der Waals surface area contributed by atoms with Crippen molar-refractivity contribution in [2.24, 2.45) is 11.8 Å². The monoisotopic (exact) mass is 548 g/mol. The van der Waals surface area contributed by atoms with E-state index in [1.54, 1.807) is 19.9 Å². The van der Waals surface area contributed by atoms with Crippen LogP contribution in [0.4, 0.5) is 0 Å². The van der Waals surface area contributed by atoms with Gasteiger partial charge in [0.05, 0.1) is 18.1 Å². The van der Waals surface area contributed by atoms with Gasteiger partial charge in [0.1, 0.15) is 14.7 Å². The first-order chi connectivity index (χ1) is 16.5. The molecule has 14 heteroatoms. The molecule has 0 aromatic carbocycles. The number of likely N-dealkylation sites (N-methyl/N-ethyl adjacent to an activating group) is 2. The molecule has 0 radical (unpaired) electrons. The van der Waals surface area contributed by atoms with Crippen molar-refractivity contribution in [1.29, 1.82) is 0 Å². The Morgan fingerprint density at radius 1 is 1.29 bits per heavy atom. The zero-order valence-corrected chi connectivity index (χ0v) is 25.1. The van der Waals surface area contributed by atoms with E-state index >= 15 is 0 Å². The van der Waals surface area contributed by atoms with E-state index < -0.39 is 25.6 Å². The molecular weight excluding hydrogens is 506 g/mol. The summed E-state index contributed by atoms with van der Waals surface area (Å²) in [5.74, 6) is -0.892. The number of nitrogens with zero attached hydrogens (tertiary/aromatic N) is 3. The average Bonchev–Trinajstić information content (AvgIpc) is 3.07. The van der Waals surface area contributed by atoms with Gasteiger partial charge >= 0.3 is 5.97 Å². The fraction of sp³-hybridized carbons (Fsp3) is 0.810. The molecule has 1 amide bonds. The van der Waals surface area contributed by atoms with Gasteiger partial charge in [-0.3, -0.25) is 9.35 Å². The van der Waals surface area contributed by atoms with E-state index in [9.17, 15) is 18.4 Å². The first-order valence-electron chi connectivity index (χ1n) is 12.4. The van der Waals surface area contributed by atoms with E-state index in [1.165, 1.54) is 4.31 Å². The highest BCUT2D eigenvalue weighted by Crippen LogP contribution is 2.49. The van der Waals surface area contributed by atoms with Crippen LogP contribution in [-0.4, -0.2) is 96.9 Å². The number of carbonyl (C=O) groups is 2. The van der Waals surface area contributed by atoms with Gasteiger partial charge in [-0.2, -0.15) is 0 Å². The lowest BCUT2D eigenvalue weighted by molar-refractivity contribution is -0.161. The summed E-state index contributed by atoms with van der Waals surface area (Å²) in [6, 6.07) is 2.91. The van der Waals surface area contributed by atoms with Crippen molar-refractivity contribution in [3.05, 3.63) is 11.3 Å². The van der Waals surface area contributed by atoms with Crippen molar-refractivity contribution < 1.29 is 27.3 Å². The molecule has 0 aromatic heterocycles. The molecular formula is C21H42BN4O6PSSi. The number of β-lactam (4-membered cyclic amide) rings is 1. The smallest absolute Gasteiger partial charge is 0.358 e. The van der Waals surface area contributed by atoms with Gasteiger partial charge in [-0.1, -0.05) is 27.7 Å². The van der Waals surface area contributed by atoms with Crippen molar-refractivity contribution in [2.45, 2.75) is 64.9 Å². The second kappa shape index (κ2) is 13.2. The Bertz CT molecular complexity index is 827. The van der Waals surface area contributed by atoms with Gasteiger partial charge in [-0.25, -0.2) is 13.3 Å². The van der Waals surface area contributed by atoms with E-state index in [0.29, 0.717) is 25.3 Å². The second-order valence-electron chi connectivity index (χ2n) is 9.52. The molecule has 2 N–H and O–H groups in total. The van der Waals surface area contributed by atoms with Crippen LogP contribution in [0.1, 0.15) is 34.6 Å². The molecule has 1 fully saturated rings. The van der Waals surface area contributed by atoms with Crippen LogP contribution in [0, 0.1) is 11.8 Å². The van der Waals surface area contributed by atoms with Crippen molar-refractivity contribution >= 4 is 48.4 Å². The van der Waals surface area contributed by atoms with E-state index in [2.05, 4.69) is 32.7 Å². The molecule has 0 aromatic rings. The average molecular weight is 549 g/mol. The topological polar surface area (TPSA) is 112 Å². The number of rotatable bonds is 15. The minimum absolute atomic E-state index is 0.0303. The van der Waals surface area contributed by atoms with Crippen LogP contribution in [0.5, 0.6) is 0 Å². The Morgan fingerprint density at radius 3 is 2.40 bits per heavy atom. The summed E-state index contributed by atoms with van der Waals surface area (Å²) >= 11 is -2.03. The van der Waals surface area contributed by atoms with Gasteiger partial charge < -0.3 is 23.7 Å². The number of amides is 1. The zero-order valence-electron chi connectivity index (χ0n) is 22.3. The first kappa shape index (κ1) is 30.6. The highest BCUT2D eigenvalue weighted by molar-refractivity contribution is 7.76. The van der Waals surface area contributed by atoms with Crippen LogP contribution in [-0.2, 0) is 29.8 Å². The Morgan fingerprint density at radius 2 is 1.89 bits per heavy atom. The molecule has 35 heavy (non-hydrogen) atoms. The van der Waals surface area contributed by atoms with E-state index in [4.69, 9.17) is 8.95 Å². The van der Waals surface area contributed by atoms with Crippen LogP contribution in [0.2, 0.25) is 18.1 Å². The molecule has 2 unspecified atom stereocenters. The normalized spacial score (nSPS) is 24.5. The third-order valence-corrected chi connectivity index (χ3v) is 13.6. The molecule has 0 saturated carbocycles. The number of fused-ring (bicyclic) bond motifs is 1. The van der Waals surface area contributed by atoms with Crippen LogP contribution in [0.3, 0.4) is 0 Å². The van der Waals surface area contributed by atoms with Crippen molar-refractivity contribution in [3.8, 4) is 0 Å². The molecule has 0 bridgehead atoms. The first-order valence-corrected chi connectivity index (χ1v) is 16.9. The minimum atomic E-state index is -2.03. The zero-order chi connectivity index (χ0) is 26.5. The lowest BCUT2D eigenvalue weighted by atomic mass is 9.77. The summed E-state index contributed by atoms with van der Waals surface area (Å²) in [7, 11) is 3.08. The molecule has 2 heterocycles. The minimum Gasteiger partial charge on any atom is -0.428 e. The maximum atomic E-state index is 13.4. The van der Waals surface area contributed by atoms with Crippen molar-refractivity contribution in [2.75, 3.05) is 33.7 Å². The lowest BCUT2D eigenvalue weighted by Gasteiger charge is -2.49. The largest absolute Gasteiger partial charge is 0.428 e. The van der Waals surface area contributed by atoms with Crippen LogP contribution in [0.15, 0.2) is 11.3 Å². The summed E-state index contributed by atoms with van der Waals surface area (Å²) in [4.78, 5) is 32.9. The Balaban J connectivity index is 2.27. The predicted octanol–water partition coefficient (Wildman–Crippen LogP) is 1.32. The SMILES string of the molecule is BNPOC(=O)C1=C(CN(C)CCN(C)S(=O)O)[C@H](C)[C@@H]2[C@@H]([C@@H](C)O[Si](CC)(CC)CC)C(=O)N12. The fourth-order valence-electron chi connectivity index (χ4n) is 5.20. The number of hydrogen-bond acceptors (Lipinski definition) is 7. The standard InChI is InChI=1S/C21H42BN4O6PSSi/c1-8-35(9-2,10-3)32-15(5)17-18-14(4)16(13-24(6)11-12-25(7)34(29)30)19(26(18)20(17)27)21(28)31-33-23-22/h14-15,17-18,23,33H,8-13,22H2,1-7H3,(H,29,30)/t14-,15+,17+,18+/m0/s1. The molecule has 0 spiro atoms. The van der Waals surface area contributed by atoms with Gasteiger partial charge in [-0.15, -0.1) is 0 Å². The van der Waals surface area contributed by atoms with E-state index in [0.717, 1.165) is 23.7 Å². The Hall–Kier alpha value is -0.658. The molecule has 10 nitrogen and oxygen atoms in total. The highest BCUT2D eigenvalue weighted by atomic mass is 32.2. The summed E-state index contributed by atoms with van der Waals surface area (Å²) in [5.41, 5.74) is 1.21. The third-order valence-electron chi connectivity index (χ3n) is 7.61. The molecule has 1 saturated heterocycles. The molecule has 200 valence electrons. The van der Waals surface area contributed by atoms with Gasteiger partial charge in [0, 0.05) is 32.6 Å². The number of carbonyl (C=O) groups excluding carboxylic acids is 2. The molecule has 0 aliphatic carbocycles. The van der Waals surface area contributed by atoms with Crippen LogP contribution in [0.25, 0.3) is 0 Å². The molecule has 2 aliphatic heterocycles. The van der Waals surface area contributed by atoms with Crippen LogP contribution < -0.4 is 5.00 Å². The van der Waals surface area contributed by atoms with Gasteiger partial charge in [-0.05, 0) is 37.7 Å². The molecule has 2 rings (SSSR count). The fourth-order valence-corrected chi connectivity index (χ4v) is 8.67. The van der Waals surface area contributed by atoms with E-state index in [1.807, 2.05) is 18.9 Å². The second-order valence-corrected chi connectivity index (χ2v) is 16.2. The molecule has 2 aliphatic rings. The van der Waals surface area contributed by atoms with Crippen molar-refractivity contribution in [1.82, 2.24) is 19.1 Å². The highest BCUT2D eigenvalue weighted by Gasteiger charge is 2.60. The number of hydrogen-bond donors (Lipinski definition) is 2. The summed E-state index contributed by atoms with van der Waals surface area (Å²) in [6.07, 6.45) is -0.209. The molecule has 6 atom stereocenters. The lowest BCUT2D eigenvalue weighted by Crippen LogP contribution is -2.65. The number of nitrogens with one attached hydrogen (secondary N) is 1. The van der Waals surface area contributed by atoms with Gasteiger partial charge in [0.15, 0.2) is 16.3 Å². The van der Waals surface area contributed by atoms with Gasteiger partial charge in [0.2, 0.25) is 17.2 Å².